The predicted molar refractivity (Wildman–Crippen MR) is 90.4 cm³/mol. The van der Waals surface area contributed by atoms with E-state index >= 15 is 0 Å². The molecule has 3 rings (SSSR count). The first-order valence-corrected chi connectivity index (χ1v) is 9.78. The van der Waals surface area contributed by atoms with Crippen LogP contribution in [-0.4, -0.2) is 48.7 Å². The highest BCUT2D eigenvalue weighted by Crippen LogP contribution is 2.30. The summed E-state index contributed by atoms with van der Waals surface area (Å²) in [6.45, 7) is 2.65. The SMILES string of the molecule is COC(=O)[C@@H]1Cc2ccccc2CN1S(=O)(=O)N1CCCC[C@H]1C. The van der Waals surface area contributed by atoms with Gasteiger partial charge in [0.15, 0.2) is 0 Å². The normalized spacial score (nSPS) is 25.9. The average molecular weight is 352 g/mol. The maximum Gasteiger partial charge on any atom is 0.324 e. The van der Waals surface area contributed by atoms with Crippen LogP contribution in [0.2, 0.25) is 0 Å². The molecular weight excluding hydrogens is 328 g/mol. The van der Waals surface area contributed by atoms with E-state index < -0.39 is 22.2 Å². The fraction of sp³-hybridized carbons (Fsp3) is 0.588. The fourth-order valence-electron chi connectivity index (χ4n) is 3.63. The number of carbonyl (C=O) groups is 1. The Labute approximate surface area is 143 Å². The minimum Gasteiger partial charge on any atom is -0.468 e. The van der Waals surface area contributed by atoms with Crippen LogP contribution in [0.15, 0.2) is 24.3 Å². The Morgan fingerprint density at radius 2 is 1.88 bits per heavy atom. The second-order valence-corrected chi connectivity index (χ2v) is 8.35. The van der Waals surface area contributed by atoms with Gasteiger partial charge in [0.05, 0.1) is 7.11 Å². The number of esters is 1. The summed E-state index contributed by atoms with van der Waals surface area (Å²) in [6.07, 6.45) is 3.10. The van der Waals surface area contributed by atoms with Crippen molar-refractivity contribution in [3.05, 3.63) is 35.4 Å². The molecule has 7 heteroatoms. The van der Waals surface area contributed by atoms with Crippen LogP contribution in [0.5, 0.6) is 0 Å². The molecule has 0 aromatic heterocycles. The van der Waals surface area contributed by atoms with Crippen LogP contribution in [0.1, 0.15) is 37.3 Å². The molecule has 1 aromatic rings. The van der Waals surface area contributed by atoms with Crippen molar-refractivity contribution in [3.63, 3.8) is 0 Å². The zero-order valence-electron chi connectivity index (χ0n) is 14.1. The van der Waals surface area contributed by atoms with Crippen LogP contribution in [0, 0.1) is 0 Å². The summed E-state index contributed by atoms with van der Waals surface area (Å²) < 4.78 is 34.2. The molecule has 1 fully saturated rings. The van der Waals surface area contributed by atoms with Crippen molar-refractivity contribution >= 4 is 16.2 Å². The lowest BCUT2D eigenvalue weighted by Gasteiger charge is -2.40. The second-order valence-electron chi connectivity index (χ2n) is 6.52. The van der Waals surface area contributed by atoms with Gasteiger partial charge in [-0.15, -0.1) is 0 Å². The van der Waals surface area contributed by atoms with Gasteiger partial charge in [0.1, 0.15) is 6.04 Å². The van der Waals surface area contributed by atoms with Gasteiger partial charge in [-0.25, -0.2) is 0 Å². The van der Waals surface area contributed by atoms with Gasteiger partial charge in [-0.3, -0.25) is 4.79 Å². The van der Waals surface area contributed by atoms with E-state index in [-0.39, 0.29) is 12.6 Å². The molecular formula is C17H24N2O4S. The maximum absolute atomic E-state index is 13.2. The van der Waals surface area contributed by atoms with Crippen molar-refractivity contribution in [2.24, 2.45) is 0 Å². The largest absolute Gasteiger partial charge is 0.468 e. The fourth-order valence-corrected chi connectivity index (χ4v) is 5.60. The first-order chi connectivity index (χ1) is 11.4. The van der Waals surface area contributed by atoms with Gasteiger partial charge in [-0.2, -0.15) is 17.0 Å². The number of ether oxygens (including phenoxy) is 1. The van der Waals surface area contributed by atoms with Crippen molar-refractivity contribution in [1.82, 2.24) is 8.61 Å². The number of carbonyl (C=O) groups excluding carboxylic acids is 1. The molecule has 6 nitrogen and oxygen atoms in total. The van der Waals surface area contributed by atoms with Gasteiger partial charge >= 0.3 is 5.97 Å². The van der Waals surface area contributed by atoms with Crippen LogP contribution in [0.25, 0.3) is 0 Å². The molecule has 2 atom stereocenters. The van der Waals surface area contributed by atoms with E-state index in [1.54, 1.807) is 4.31 Å². The lowest BCUT2D eigenvalue weighted by molar-refractivity contribution is -0.145. The molecule has 24 heavy (non-hydrogen) atoms. The molecule has 0 unspecified atom stereocenters. The predicted octanol–water partition coefficient (Wildman–Crippen LogP) is 1.71. The van der Waals surface area contributed by atoms with E-state index in [2.05, 4.69) is 0 Å². The first-order valence-electron chi connectivity index (χ1n) is 8.38. The molecule has 2 heterocycles. The van der Waals surface area contributed by atoms with E-state index in [0.717, 1.165) is 30.4 Å². The topological polar surface area (TPSA) is 66.9 Å². The molecule has 0 amide bonds. The van der Waals surface area contributed by atoms with Gasteiger partial charge < -0.3 is 4.74 Å². The average Bonchev–Trinajstić information content (AvgIpc) is 2.60. The smallest absolute Gasteiger partial charge is 0.324 e. The van der Waals surface area contributed by atoms with Crippen LogP contribution >= 0.6 is 0 Å². The van der Waals surface area contributed by atoms with Crippen molar-refractivity contribution in [3.8, 4) is 0 Å². The summed E-state index contributed by atoms with van der Waals surface area (Å²) >= 11 is 0. The van der Waals surface area contributed by atoms with Gasteiger partial charge in [0.2, 0.25) is 0 Å². The Bertz CT molecular complexity index is 719. The van der Waals surface area contributed by atoms with Crippen molar-refractivity contribution < 1.29 is 17.9 Å². The van der Waals surface area contributed by atoms with E-state index in [1.165, 1.54) is 11.4 Å². The number of fused-ring (bicyclic) bond motifs is 1. The summed E-state index contributed by atoms with van der Waals surface area (Å²) in [5.74, 6) is -0.502. The van der Waals surface area contributed by atoms with E-state index in [9.17, 15) is 13.2 Å². The third-order valence-electron chi connectivity index (χ3n) is 5.01. The van der Waals surface area contributed by atoms with Crippen molar-refractivity contribution in [1.29, 1.82) is 0 Å². The maximum atomic E-state index is 13.2. The number of benzene rings is 1. The molecule has 0 N–H and O–H groups in total. The summed E-state index contributed by atoms with van der Waals surface area (Å²) in [5, 5.41) is 0. The lowest BCUT2D eigenvalue weighted by Crippen LogP contribution is -2.56. The molecule has 0 aliphatic carbocycles. The number of hydrogen-bond acceptors (Lipinski definition) is 4. The third kappa shape index (κ3) is 3.08. The molecule has 0 radical (unpaired) electrons. The number of hydrogen-bond donors (Lipinski definition) is 0. The van der Waals surface area contributed by atoms with E-state index in [4.69, 9.17) is 4.74 Å². The number of piperidine rings is 1. The van der Waals surface area contributed by atoms with Crippen molar-refractivity contribution in [2.75, 3.05) is 13.7 Å². The Balaban J connectivity index is 1.98. The molecule has 2 aliphatic rings. The minimum absolute atomic E-state index is 0.0424. The summed E-state index contributed by atoms with van der Waals surface area (Å²) in [5.41, 5.74) is 1.96. The number of rotatable bonds is 3. The summed E-state index contributed by atoms with van der Waals surface area (Å²) in [4.78, 5) is 12.3. The zero-order chi connectivity index (χ0) is 17.3. The van der Waals surface area contributed by atoms with Gasteiger partial charge in [0, 0.05) is 25.6 Å². The number of methoxy groups -OCH3 is 1. The number of nitrogens with zero attached hydrogens (tertiary/aromatic N) is 2. The van der Waals surface area contributed by atoms with E-state index in [1.807, 2.05) is 31.2 Å². The Morgan fingerprint density at radius 1 is 1.17 bits per heavy atom. The molecule has 2 aliphatic heterocycles. The summed E-state index contributed by atoms with van der Waals surface area (Å²) in [6, 6.07) is 6.82. The van der Waals surface area contributed by atoms with Crippen LogP contribution in [0.3, 0.4) is 0 Å². The molecule has 1 saturated heterocycles. The Morgan fingerprint density at radius 3 is 2.54 bits per heavy atom. The highest BCUT2D eigenvalue weighted by Gasteiger charge is 2.43. The first kappa shape index (κ1) is 17.4. The van der Waals surface area contributed by atoms with Crippen molar-refractivity contribution in [2.45, 2.75) is 51.2 Å². The van der Waals surface area contributed by atoms with Crippen LogP contribution in [-0.2, 0) is 32.7 Å². The monoisotopic (exact) mass is 352 g/mol. The van der Waals surface area contributed by atoms with E-state index in [0.29, 0.717) is 13.0 Å². The lowest BCUT2D eigenvalue weighted by atomic mass is 9.96. The third-order valence-corrected chi connectivity index (χ3v) is 7.12. The van der Waals surface area contributed by atoms with Gasteiger partial charge in [-0.1, -0.05) is 30.7 Å². The minimum atomic E-state index is -3.72. The molecule has 1 aromatic carbocycles. The van der Waals surface area contributed by atoms with Crippen LogP contribution in [0.4, 0.5) is 0 Å². The standard InChI is InChI=1S/C17H24N2O4S/c1-13-7-5-6-10-18(13)24(21,22)19-12-15-9-4-3-8-14(15)11-16(19)17(20)23-2/h3-4,8-9,13,16H,5-7,10-12H2,1-2H3/t13-,16+/m1/s1. The van der Waals surface area contributed by atoms with Gasteiger partial charge in [0.25, 0.3) is 10.2 Å². The Kier molecular flexibility index (Phi) is 4.94. The Hall–Kier alpha value is -1.44. The molecule has 0 saturated carbocycles. The summed E-state index contributed by atoms with van der Waals surface area (Å²) in [7, 11) is -2.41. The quantitative estimate of drug-likeness (QED) is 0.777. The van der Waals surface area contributed by atoms with Gasteiger partial charge in [-0.05, 0) is 30.9 Å². The second kappa shape index (κ2) is 6.82. The molecule has 0 bridgehead atoms. The van der Waals surface area contributed by atoms with Crippen LogP contribution < -0.4 is 0 Å². The zero-order valence-corrected chi connectivity index (χ0v) is 15.0. The molecule has 0 spiro atoms. The molecule has 132 valence electrons. The highest BCUT2D eigenvalue weighted by atomic mass is 32.2. The highest BCUT2D eigenvalue weighted by molar-refractivity contribution is 7.86.